The minimum absolute atomic E-state index is 0.109. The zero-order valence-electron chi connectivity index (χ0n) is 10.6. The minimum Gasteiger partial charge on any atom is -0.505 e. The summed E-state index contributed by atoms with van der Waals surface area (Å²) in [5.41, 5.74) is 7.07. The SMILES string of the molecule is NC(=O)c1ncc2ccc(-c3ccccc3)cc2c1O. The van der Waals surface area contributed by atoms with Crippen molar-refractivity contribution in [1.82, 2.24) is 4.98 Å². The largest absolute Gasteiger partial charge is 0.505 e. The quantitative estimate of drug-likeness (QED) is 0.747. The van der Waals surface area contributed by atoms with Gasteiger partial charge in [0, 0.05) is 17.0 Å². The number of aromatic nitrogens is 1. The summed E-state index contributed by atoms with van der Waals surface area (Å²) in [5, 5.41) is 11.4. The maximum atomic E-state index is 11.2. The van der Waals surface area contributed by atoms with E-state index in [1.807, 2.05) is 48.5 Å². The average molecular weight is 264 g/mol. The van der Waals surface area contributed by atoms with Gasteiger partial charge in [-0.2, -0.15) is 0 Å². The van der Waals surface area contributed by atoms with Gasteiger partial charge in [0.2, 0.25) is 0 Å². The van der Waals surface area contributed by atoms with E-state index < -0.39 is 5.91 Å². The Morgan fingerprint density at radius 1 is 1.05 bits per heavy atom. The Labute approximate surface area is 115 Å². The lowest BCUT2D eigenvalue weighted by Gasteiger charge is -2.07. The Morgan fingerprint density at radius 3 is 2.50 bits per heavy atom. The van der Waals surface area contributed by atoms with E-state index in [9.17, 15) is 9.90 Å². The van der Waals surface area contributed by atoms with Crippen LogP contribution in [0.15, 0.2) is 54.7 Å². The van der Waals surface area contributed by atoms with Gasteiger partial charge in [-0.05, 0) is 17.2 Å². The van der Waals surface area contributed by atoms with E-state index >= 15 is 0 Å². The summed E-state index contributed by atoms with van der Waals surface area (Å²) in [6.45, 7) is 0. The first-order valence-corrected chi connectivity index (χ1v) is 6.14. The molecule has 1 amide bonds. The summed E-state index contributed by atoms with van der Waals surface area (Å²) in [6, 6.07) is 15.4. The molecule has 0 bridgehead atoms. The highest BCUT2D eigenvalue weighted by Gasteiger charge is 2.13. The molecular weight excluding hydrogens is 252 g/mol. The third kappa shape index (κ3) is 1.97. The Hall–Kier alpha value is -2.88. The highest BCUT2D eigenvalue weighted by molar-refractivity contribution is 6.01. The predicted molar refractivity (Wildman–Crippen MR) is 77.4 cm³/mol. The number of hydrogen-bond acceptors (Lipinski definition) is 3. The highest BCUT2D eigenvalue weighted by atomic mass is 16.3. The van der Waals surface area contributed by atoms with Crippen LogP contribution in [0.2, 0.25) is 0 Å². The van der Waals surface area contributed by atoms with Crippen molar-refractivity contribution in [2.75, 3.05) is 0 Å². The van der Waals surface area contributed by atoms with Crippen molar-refractivity contribution in [1.29, 1.82) is 0 Å². The molecule has 1 heterocycles. The number of benzene rings is 2. The molecule has 0 aliphatic rings. The molecule has 0 spiro atoms. The van der Waals surface area contributed by atoms with Crippen LogP contribution in [0, 0.1) is 0 Å². The molecule has 0 saturated heterocycles. The number of rotatable bonds is 2. The Bertz CT molecular complexity index is 798. The van der Waals surface area contributed by atoms with Crippen molar-refractivity contribution >= 4 is 16.7 Å². The lowest BCUT2D eigenvalue weighted by atomic mass is 10.0. The van der Waals surface area contributed by atoms with Crippen LogP contribution in [0.25, 0.3) is 21.9 Å². The monoisotopic (exact) mass is 264 g/mol. The van der Waals surface area contributed by atoms with Crippen molar-refractivity contribution in [3.63, 3.8) is 0 Å². The standard InChI is InChI=1S/C16H12N2O2/c17-16(20)14-15(19)13-8-11(6-7-12(13)9-18-14)10-4-2-1-3-5-10/h1-9,19H,(H2,17,20). The van der Waals surface area contributed by atoms with Crippen LogP contribution in [0.1, 0.15) is 10.5 Å². The first-order chi connectivity index (χ1) is 9.66. The third-order valence-corrected chi connectivity index (χ3v) is 3.21. The van der Waals surface area contributed by atoms with Gasteiger partial charge in [0.05, 0.1) is 0 Å². The lowest BCUT2D eigenvalue weighted by Crippen LogP contribution is -2.13. The number of amides is 1. The third-order valence-electron chi connectivity index (χ3n) is 3.21. The van der Waals surface area contributed by atoms with Gasteiger partial charge in [-0.3, -0.25) is 4.79 Å². The fourth-order valence-electron chi connectivity index (χ4n) is 2.19. The number of aromatic hydroxyl groups is 1. The van der Waals surface area contributed by atoms with Gasteiger partial charge in [0.1, 0.15) is 0 Å². The van der Waals surface area contributed by atoms with Crippen molar-refractivity contribution in [3.8, 4) is 16.9 Å². The summed E-state index contributed by atoms with van der Waals surface area (Å²) < 4.78 is 0. The molecule has 0 unspecified atom stereocenters. The summed E-state index contributed by atoms with van der Waals surface area (Å²) in [7, 11) is 0. The topological polar surface area (TPSA) is 76.2 Å². The molecule has 3 rings (SSSR count). The molecule has 4 nitrogen and oxygen atoms in total. The molecular formula is C16H12N2O2. The van der Waals surface area contributed by atoms with Crippen molar-refractivity contribution in [3.05, 3.63) is 60.4 Å². The second-order valence-electron chi connectivity index (χ2n) is 4.49. The van der Waals surface area contributed by atoms with Crippen LogP contribution in [0.3, 0.4) is 0 Å². The first kappa shape index (κ1) is 12.2. The molecule has 0 atom stereocenters. The van der Waals surface area contributed by atoms with Crippen molar-refractivity contribution in [2.24, 2.45) is 5.73 Å². The first-order valence-electron chi connectivity index (χ1n) is 6.14. The van der Waals surface area contributed by atoms with Crippen LogP contribution in [-0.4, -0.2) is 16.0 Å². The summed E-state index contributed by atoms with van der Waals surface area (Å²) >= 11 is 0. The van der Waals surface area contributed by atoms with E-state index in [0.717, 1.165) is 16.5 Å². The summed E-state index contributed by atoms with van der Waals surface area (Å²) in [4.78, 5) is 15.1. The Balaban J connectivity index is 2.24. The highest BCUT2D eigenvalue weighted by Crippen LogP contribution is 2.31. The average Bonchev–Trinajstić information content (AvgIpc) is 2.48. The molecule has 4 heteroatoms. The number of pyridine rings is 1. The maximum Gasteiger partial charge on any atom is 0.271 e. The number of hydrogen-bond donors (Lipinski definition) is 2. The fourth-order valence-corrected chi connectivity index (χ4v) is 2.19. The second kappa shape index (κ2) is 4.66. The minimum atomic E-state index is -0.741. The molecule has 3 aromatic rings. The zero-order valence-corrected chi connectivity index (χ0v) is 10.6. The van der Waals surface area contributed by atoms with E-state index in [2.05, 4.69) is 4.98 Å². The molecule has 1 aromatic heterocycles. The number of carbonyl (C=O) groups is 1. The molecule has 98 valence electrons. The number of primary amides is 1. The van der Waals surface area contributed by atoms with E-state index in [4.69, 9.17) is 5.73 Å². The number of fused-ring (bicyclic) bond motifs is 1. The molecule has 0 saturated carbocycles. The summed E-state index contributed by atoms with van der Waals surface area (Å²) in [6.07, 6.45) is 1.53. The van der Waals surface area contributed by atoms with Crippen LogP contribution < -0.4 is 5.73 Å². The molecule has 0 aliphatic carbocycles. The molecule has 0 fully saturated rings. The van der Waals surface area contributed by atoms with Crippen molar-refractivity contribution < 1.29 is 9.90 Å². The number of nitrogens with zero attached hydrogens (tertiary/aromatic N) is 1. The maximum absolute atomic E-state index is 11.2. The van der Waals surface area contributed by atoms with E-state index in [-0.39, 0.29) is 11.4 Å². The van der Waals surface area contributed by atoms with Crippen LogP contribution in [0.4, 0.5) is 0 Å². The normalized spacial score (nSPS) is 10.6. The molecule has 0 aliphatic heterocycles. The van der Waals surface area contributed by atoms with Crippen molar-refractivity contribution in [2.45, 2.75) is 0 Å². The zero-order chi connectivity index (χ0) is 14.1. The summed E-state index contributed by atoms with van der Waals surface area (Å²) in [5.74, 6) is -0.915. The Morgan fingerprint density at radius 2 is 1.80 bits per heavy atom. The van der Waals surface area contributed by atoms with Gasteiger partial charge in [0.25, 0.3) is 5.91 Å². The fraction of sp³-hybridized carbons (Fsp3) is 0. The van der Waals surface area contributed by atoms with Gasteiger partial charge < -0.3 is 10.8 Å². The van der Waals surface area contributed by atoms with Crippen LogP contribution >= 0.6 is 0 Å². The van der Waals surface area contributed by atoms with E-state index in [1.54, 1.807) is 0 Å². The second-order valence-corrected chi connectivity index (χ2v) is 4.49. The number of carbonyl (C=O) groups excluding carboxylic acids is 1. The molecule has 20 heavy (non-hydrogen) atoms. The molecule has 3 N–H and O–H groups in total. The number of nitrogens with two attached hydrogens (primary N) is 1. The van der Waals surface area contributed by atoms with Gasteiger partial charge in [-0.1, -0.05) is 42.5 Å². The van der Waals surface area contributed by atoms with E-state index in [0.29, 0.717) is 5.39 Å². The van der Waals surface area contributed by atoms with Gasteiger partial charge in [-0.15, -0.1) is 0 Å². The smallest absolute Gasteiger partial charge is 0.271 e. The molecule has 2 aromatic carbocycles. The Kier molecular flexibility index (Phi) is 2.84. The molecule has 0 radical (unpaired) electrons. The van der Waals surface area contributed by atoms with Crippen LogP contribution in [-0.2, 0) is 0 Å². The van der Waals surface area contributed by atoms with Gasteiger partial charge in [0.15, 0.2) is 11.4 Å². The predicted octanol–water partition coefficient (Wildman–Crippen LogP) is 2.71. The van der Waals surface area contributed by atoms with Gasteiger partial charge in [-0.25, -0.2) is 4.98 Å². The lowest BCUT2D eigenvalue weighted by molar-refractivity contribution is 0.0993. The van der Waals surface area contributed by atoms with E-state index in [1.165, 1.54) is 6.20 Å². The van der Waals surface area contributed by atoms with Gasteiger partial charge >= 0.3 is 0 Å². The van der Waals surface area contributed by atoms with Crippen LogP contribution in [0.5, 0.6) is 5.75 Å².